The van der Waals surface area contributed by atoms with Gasteiger partial charge >= 0.3 is 0 Å². The van der Waals surface area contributed by atoms with E-state index in [0.717, 1.165) is 24.8 Å². The highest BCUT2D eigenvalue weighted by molar-refractivity contribution is 5.53. The predicted molar refractivity (Wildman–Crippen MR) is 126 cm³/mol. The fourth-order valence-corrected chi connectivity index (χ4v) is 4.65. The van der Waals surface area contributed by atoms with Gasteiger partial charge in [-0.25, -0.2) is 0 Å². The quantitative estimate of drug-likeness (QED) is 0.402. The van der Waals surface area contributed by atoms with Gasteiger partial charge in [0.25, 0.3) is 0 Å². The van der Waals surface area contributed by atoms with Crippen LogP contribution in [0.2, 0.25) is 0 Å². The molecule has 35 heavy (non-hydrogen) atoms. The molecule has 1 unspecified atom stereocenters. The lowest BCUT2D eigenvalue weighted by molar-refractivity contribution is -0.271. The van der Waals surface area contributed by atoms with E-state index in [-0.39, 0.29) is 43.4 Å². The summed E-state index contributed by atoms with van der Waals surface area (Å²) in [4.78, 5) is 0. The average molecular weight is 501 g/mol. The zero-order valence-corrected chi connectivity index (χ0v) is 21.7. The molecule has 0 aliphatic carbocycles. The van der Waals surface area contributed by atoms with Crippen molar-refractivity contribution in [3.05, 3.63) is 17.7 Å². The zero-order valence-electron chi connectivity index (χ0n) is 21.7. The Morgan fingerprint density at radius 1 is 0.771 bits per heavy atom. The van der Waals surface area contributed by atoms with E-state index in [1.807, 2.05) is 12.1 Å². The molecule has 2 fully saturated rings. The second-order valence-corrected chi connectivity index (χ2v) is 8.49. The van der Waals surface area contributed by atoms with Gasteiger partial charge in [-0.05, 0) is 37.0 Å². The van der Waals surface area contributed by atoms with Crippen LogP contribution in [0.15, 0.2) is 12.1 Å². The second-order valence-electron chi connectivity index (χ2n) is 8.49. The number of rotatable bonds is 13. The highest BCUT2D eigenvalue weighted by Crippen LogP contribution is 2.38. The molecule has 0 bridgehead atoms. The molecule has 10 heteroatoms. The van der Waals surface area contributed by atoms with E-state index in [2.05, 4.69) is 0 Å². The number of methoxy groups -OCH3 is 6. The first-order chi connectivity index (χ1) is 17.1. The lowest BCUT2D eigenvalue weighted by Gasteiger charge is -2.45. The van der Waals surface area contributed by atoms with Gasteiger partial charge in [0.1, 0.15) is 30.5 Å². The summed E-state index contributed by atoms with van der Waals surface area (Å²) in [6.45, 7) is 1.63. The van der Waals surface area contributed by atoms with Crippen molar-refractivity contribution in [3.63, 3.8) is 0 Å². The van der Waals surface area contributed by atoms with Gasteiger partial charge in [-0.3, -0.25) is 0 Å². The van der Waals surface area contributed by atoms with Crippen LogP contribution in [0, 0.1) is 0 Å². The van der Waals surface area contributed by atoms with Crippen LogP contribution in [-0.2, 0) is 39.8 Å². The van der Waals surface area contributed by atoms with Gasteiger partial charge in [-0.1, -0.05) is 0 Å². The Morgan fingerprint density at radius 3 is 1.91 bits per heavy atom. The molecule has 0 saturated carbocycles. The van der Waals surface area contributed by atoms with Crippen LogP contribution in [0.5, 0.6) is 17.2 Å². The van der Waals surface area contributed by atoms with Crippen LogP contribution in [0.1, 0.15) is 24.8 Å². The first-order valence-corrected chi connectivity index (χ1v) is 11.9. The van der Waals surface area contributed by atoms with Crippen molar-refractivity contribution >= 4 is 0 Å². The van der Waals surface area contributed by atoms with Crippen molar-refractivity contribution in [2.45, 2.75) is 62.7 Å². The Balaban J connectivity index is 1.66. The Labute approximate surface area is 207 Å². The van der Waals surface area contributed by atoms with Crippen molar-refractivity contribution in [3.8, 4) is 17.2 Å². The lowest BCUT2D eigenvalue weighted by atomic mass is 9.94. The molecule has 2 saturated heterocycles. The molecule has 3 rings (SSSR count). The normalized spacial score (nSPS) is 29.1. The van der Waals surface area contributed by atoms with E-state index in [1.54, 1.807) is 42.7 Å². The third-order valence-corrected chi connectivity index (χ3v) is 6.41. The minimum absolute atomic E-state index is 0.222. The highest BCUT2D eigenvalue weighted by Gasteiger charge is 2.47. The number of hydrogen-bond acceptors (Lipinski definition) is 10. The van der Waals surface area contributed by atoms with Gasteiger partial charge < -0.3 is 47.4 Å². The lowest BCUT2D eigenvalue weighted by Crippen LogP contribution is -2.61. The third kappa shape index (κ3) is 6.97. The molecule has 1 aromatic carbocycles. The fourth-order valence-electron chi connectivity index (χ4n) is 4.65. The van der Waals surface area contributed by atoms with Crippen LogP contribution >= 0.6 is 0 Å². The number of ether oxygens (including phenoxy) is 10. The zero-order chi connectivity index (χ0) is 25.2. The first kappa shape index (κ1) is 27.9. The monoisotopic (exact) mass is 500 g/mol. The molecule has 6 atom stereocenters. The topological polar surface area (TPSA) is 92.3 Å². The molecule has 1 aromatic rings. The molecule has 0 radical (unpaired) electrons. The average Bonchev–Trinajstić information content (AvgIpc) is 2.91. The van der Waals surface area contributed by atoms with Gasteiger partial charge in [0.05, 0.1) is 41.2 Å². The maximum atomic E-state index is 6.38. The van der Waals surface area contributed by atoms with E-state index in [0.29, 0.717) is 37.1 Å². The maximum absolute atomic E-state index is 6.38. The van der Waals surface area contributed by atoms with Crippen LogP contribution in [-0.4, -0.2) is 99.3 Å². The SMILES string of the molecule is COc1cc(COC[C@H]2O[C@H](COC3CCCCO3)[C@@H](OC)[C@H](OC)[C@H]2OC)cc(OC)c1OC. The number of hydrogen-bond donors (Lipinski definition) is 0. The molecule has 0 spiro atoms. The summed E-state index contributed by atoms with van der Waals surface area (Å²) in [6, 6.07) is 3.72. The summed E-state index contributed by atoms with van der Waals surface area (Å²) >= 11 is 0. The third-order valence-electron chi connectivity index (χ3n) is 6.41. The van der Waals surface area contributed by atoms with E-state index < -0.39 is 0 Å². The Bertz CT molecular complexity index is 729. The van der Waals surface area contributed by atoms with Crippen LogP contribution in [0.3, 0.4) is 0 Å². The molecule has 0 amide bonds. The van der Waals surface area contributed by atoms with Crippen molar-refractivity contribution in [1.82, 2.24) is 0 Å². The minimum Gasteiger partial charge on any atom is -0.493 e. The van der Waals surface area contributed by atoms with Gasteiger partial charge in [0.15, 0.2) is 17.8 Å². The van der Waals surface area contributed by atoms with Gasteiger partial charge in [-0.15, -0.1) is 0 Å². The molecule has 200 valence electrons. The first-order valence-electron chi connectivity index (χ1n) is 11.9. The van der Waals surface area contributed by atoms with E-state index in [1.165, 1.54) is 0 Å². The maximum Gasteiger partial charge on any atom is 0.203 e. The Kier molecular flexibility index (Phi) is 11.3. The Morgan fingerprint density at radius 2 is 1.40 bits per heavy atom. The summed E-state index contributed by atoms with van der Waals surface area (Å²) in [5.74, 6) is 1.67. The standard InChI is InChI=1S/C25H40O10/c1-26-17-11-16(12-18(27-2)22(17)28-3)13-32-14-19-23(29-4)25(31-6)24(30-5)20(35-19)15-34-21-9-7-8-10-33-21/h11-12,19-21,23-25H,7-10,13-15H2,1-6H3/t19-,20-,21?,23+,24-,25-/m1/s1. The van der Waals surface area contributed by atoms with E-state index in [9.17, 15) is 0 Å². The molecule has 0 aromatic heterocycles. The van der Waals surface area contributed by atoms with Gasteiger partial charge in [0.2, 0.25) is 5.75 Å². The molecule has 0 N–H and O–H groups in total. The van der Waals surface area contributed by atoms with Gasteiger partial charge in [-0.2, -0.15) is 0 Å². The Hall–Kier alpha value is -1.66. The largest absolute Gasteiger partial charge is 0.493 e. The summed E-state index contributed by atoms with van der Waals surface area (Å²) in [7, 11) is 9.65. The molecule has 2 aliphatic heterocycles. The van der Waals surface area contributed by atoms with Crippen LogP contribution in [0.25, 0.3) is 0 Å². The molecule has 2 heterocycles. The van der Waals surface area contributed by atoms with Crippen LogP contribution < -0.4 is 14.2 Å². The smallest absolute Gasteiger partial charge is 0.203 e. The van der Waals surface area contributed by atoms with E-state index in [4.69, 9.17) is 47.4 Å². The second kappa shape index (κ2) is 14.2. The summed E-state index contributed by atoms with van der Waals surface area (Å²) in [6.07, 6.45) is 0.957. The highest BCUT2D eigenvalue weighted by atomic mass is 16.7. The summed E-state index contributed by atoms with van der Waals surface area (Å²) < 4.78 is 57.7. The predicted octanol–water partition coefficient (Wildman–Crippen LogP) is 2.58. The molecule has 10 nitrogen and oxygen atoms in total. The summed E-state index contributed by atoms with van der Waals surface area (Å²) in [5.41, 5.74) is 0.872. The minimum atomic E-state index is -0.390. The van der Waals surface area contributed by atoms with Crippen LogP contribution in [0.4, 0.5) is 0 Å². The summed E-state index contributed by atoms with van der Waals surface area (Å²) in [5, 5.41) is 0. The fraction of sp³-hybridized carbons (Fsp3) is 0.760. The van der Waals surface area contributed by atoms with E-state index >= 15 is 0 Å². The van der Waals surface area contributed by atoms with Crippen molar-refractivity contribution in [2.75, 3.05) is 62.5 Å². The van der Waals surface area contributed by atoms with Crippen molar-refractivity contribution in [2.24, 2.45) is 0 Å². The number of benzene rings is 1. The molecule has 2 aliphatic rings. The van der Waals surface area contributed by atoms with Gasteiger partial charge in [0, 0.05) is 27.9 Å². The molecular formula is C25H40O10. The van der Waals surface area contributed by atoms with Crippen molar-refractivity contribution < 1.29 is 47.4 Å². The molecular weight excluding hydrogens is 460 g/mol. The van der Waals surface area contributed by atoms with Crippen molar-refractivity contribution in [1.29, 1.82) is 0 Å².